The molecule has 3 unspecified atom stereocenters. The van der Waals surface area contributed by atoms with Crippen LogP contribution in [0.4, 0.5) is 0 Å². The summed E-state index contributed by atoms with van der Waals surface area (Å²) < 4.78 is 5.92. The highest BCUT2D eigenvalue weighted by molar-refractivity contribution is 5.79. The van der Waals surface area contributed by atoms with Crippen LogP contribution in [-0.4, -0.2) is 35.4 Å². The molecule has 2 aliphatic carbocycles. The number of aliphatic carboxylic acids is 1. The standard InChI is InChI=1S/C15H27NO3/c1-3-4-11(2)10-19-13-7-8-15(9-13,14(17)18)16-12-5-6-12/h11-13,16H,3-10H2,1-2H3,(H,17,18). The zero-order valence-electron chi connectivity index (χ0n) is 12.2. The molecule has 2 rings (SSSR count). The van der Waals surface area contributed by atoms with Crippen molar-refractivity contribution in [3.05, 3.63) is 0 Å². The van der Waals surface area contributed by atoms with E-state index in [2.05, 4.69) is 19.2 Å². The van der Waals surface area contributed by atoms with Crippen molar-refractivity contribution in [1.82, 2.24) is 5.32 Å². The van der Waals surface area contributed by atoms with Crippen molar-refractivity contribution < 1.29 is 14.6 Å². The quantitative estimate of drug-likeness (QED) is 0.711. The molecule has 0 aromatic carbocycles. The zero-order valence-corrected chi connectivity index (χ0v) is 12.2. The first-order valence-electron chi connectivity index (χ1n) is 7.68. The van der Waals surface area contributed by atoms with E-state index < -0.39 is 11.5 Å². The molecule has 19 heavy (non-hydrogen) atoms. The fourth-order valence-electron chi connectivity index (χ4n) is 3.02. The largest absolute Gasteiger partial charge is 0.480 e. The number of hydrogen-bond donors (Lipinski definition) is 2. The summed E-state index contributed by atoms with van der Waals surface area (Å²) in [4.78, 5) is 11.6. The minimum atomic E-state index is -0.722. The maximum Gasteiger partial charge on any atom is 0.324 e. The van der Waals surface area contributed by atoms with Gasteiger partial charge in [0.2, 0.25) is 0 Å². The summed E-state index contributed by atoms with van der Waals surface area (Å²) in [5.41, 5.74) is -0.722. The van der Waals surface area contributed by atoms with Gasteiger partial charge in [0.1, 0.15) is 5.54 Å². The molecule has 4 nitrogen and oxygen atoms in total. The van der Waals surface area contributed by atoms with Gasteiger partial charge in [-0.25, -0.2) is 0 Å². The summed E-state index contributed by atoms with van der Waals surface area (Å²) in [6.45, 7) is 5.14. The molecule has 0 aromatic heterocycles. The van der Waals surface area contributed by atoms with Crippen molar-refractivity contribution in [2.24, 2.45) is 5.92 Å². The van der Waals surface area contributed by atoms with Crippen molar-refractivity contribution in [3.63, 3.8) is 0 Å². The Morgan fingerprint density at radius 2 is 2.21 bits per heavy atom. The van der Waals surface area contributed by atoms with Gasteiger partial charge in [0.05, 0.1) is 6.10 Å². The molecule has 2 fully saturated rings. The molecule has 0 saturated heterocycles. The maximum absolute atomic E-state index is 11.6. The molecular formula is C15H27NO3. The summed E-state index contributed by atoms with van der Waals surface area (Å²) in [5, 5.41) is 12.8. The molecule has 0 radical (unpaired) electrons. The lowest BCUT2D eigenvalue weighted by Gasteiger charge is -2.26. The molecule has 2 aliphatic rings. The van der Waals surface area contributed by atoms with Gasteiger partial charge in [-0.15, -0.1) is 0 Å². The Morgan fingerprint density at radius 1 is 1.47 bits per heavy atom. The average molecular weight is 269 g/mol. The average Bonchev–Trinajstić information content (AvgIpc) is 3.05. The third-order valence-electron chi connectivity index (χ3n) is 4.33. The van der Waals surface area contributed by atoms with Crippen molar-refractivity contribution >= 4 is 5.97 Å². The van der Waals surface area contributed by atoms with Crippen LogP contribution >= 0.6 is 0 Å². The van der Waals surface area contributed by atoms with Gasteiger partial charge in [0.15, 0.2) is 0 Å². The number of carboxylic acid groups (broad SMARTS) is 1. The second-order valence-corrected chi connectivity index (χ2v) is 6.40. The molecule has 0 spiro atoms. The van der Waals surface area contributed by atoms with Crippen molar-refractivity contribution in [1.29, 1.82) is 0 Å². The molecular weight excluding hydrogens is 242 g/mol. The first kappa shape index (κ1) is 14.8. The SMILES string of the molecule is CCCC(C)COC1CCC(NC2CC2)(C(=O)O)C1. The predicted molar refractivity (Wildman–Crippen MR) is 74.2 cm³/mol. The third kappa shape index (κ3) is 3.93. The second-order valence-electron chi connectivity index (χ2n) is 6.40. The maximum atomic E-state index is 11.6. The van der Waals surface area contributed by atoms with Gasteiger partial charge in [-0.2, -0.15) is 0 Å². The summed E-state index contributed by atoms with van der Waals surface area (Å²) in [7, 11) is 0. The molecule has 0 aromatic rings. The van der Waals surface area contributed by atoms with Crippen LogP contribution in [0.1, 0.15) is 58.8 Å². The van der Waals surface area contributed by atoms with Gasteiger partial charge in [-0.3, -0.25) is 10.1 Å². The molecule has 3 atom stereocenters. The first-order chi connectivity index (χ1) is 9.05. The van der Waals surface area contributed by atoms with E-state index in [1.54, 1.807) is 0 Å². The summed E-state index contributed by atoms with van der Waals surface area (Å²) in [5.74, 6) is -0.131. The molecule has 0 heterocycles. The van der Waals surface area contributed by atoms with Crippen LogP contribution in [0.15, 0.2) is 0 Å². The van der Waals surface area contributed by atoms with E-state index in [0.29, 0.717) is 24.8 Å². The normalized spacial score (nSPS) is 32.4. The van der Waals surface area contributed by atoms with Gasteiger partial charge in [0.25, 0.3) is 0 Å². The second kappa shape index (κ2) is 6.23. The number of carboxylic acids is 1. The Balaban J connectivity index is 1.80. The highest BCUT2D eigenvalue weighted by Gasteiger charge is 2.48. The Kier molecular flexibility index (Phi) is 4.85. The molecule has 2 N–H and O–H groups in total. The molecule has 2 saturated carbocycles. The van der Waals surface area contributed by atoms with E-state index in [1.807, 2.05) is 0 Å². The Morgan fingerprint density at radius 3 is 2.79 bits per heavy atom. The van der Waals surface area contributed by atoms with Gasteiger partial charge < -0.3 is 9.84 Å². The van der Waals surface area contributed by atoms with Crippen molar-refractivity contribution in [2.75, 3.05) is 6.61 Å². The van der Waals surface area contributed by atoms with Crippen molar-refractivity contribution in [2.45, 2.75) is 76.5 Å². The van der Waals surface area contributed by atoms with E-state index >= 15 is 0 Å². The number of carbonyl (C=O) groups is 1. The topological polar surface area (TPSA) is 58.6 Å². The molecule has 4 heteroatoms. The monoisotopic (exact) mass is 269 g/mol. The molecule has 0 aliphatic heterocycles. The van der Waals surface area contributed by atoms with E-state index in [0.717, 1.165) is 25.9 Å². The lowest BCUT2D eigenvalue weighted by molar-refractivity contribution is -0.145. The van der Waals surface area contributed by atoms with E-state index in [-0.39, 0.29) is 6.10 Å². The highest BCUT2D eigenvalue weighted by Crippen LogP contribution is 2.36. The summed E-state index contributed by atoms with van der Waals surface area (Å²) in [6, 6.07) is 0.425. The number of nitrogens with one attached hydrogen (secondary N) is 1. The third-order valence-corrected chi connectivity index (χ3v) is 4.33. The number of ether oxygens (including phenoxy) is 1. The van der Waals surface area contributed by atoms with Crippen LogP contribution in [-0.2, 0) is 9.53 Å². The molecule has 0 bridgehead atoms. The van der Waals surface area contributed by atoms with Crippen LogP contribution in [0.3, 0.4) is 0 Å². The van der Waals surface area contributed by atoms with Crippen LogP contribution in [0.5, 0.6) is 0 Å². The van der Waals surface area contributed by atoms with Gasteiger partial charge in [-0.1, -0.05) is 20.3 Å². The van der Waals surface area contributed by atoms with Crippen LogP contribution in [0, 0.1) is 5.92 Å². The summed E-state index contributed by atoms with van der Waals surface area (Å²) in [6.07, 6.45) is 6.90. The minimum Gasteiger partial charge on any atom is -0.480 e. The fourth-order valence-corrected chi connectivity index (χ4v) is 3.02. The predicted octanol–water partition coefficient (Wildman–Crippen LogP) is 2.57. The van der Waals surface area contributed by atoms with Crippen molar-refractivity contribution in [3.8, 4) is 0 Å². The number of rotatable bonds is 8. The summed E-state index contributed by atoms with van der Waals surface area (Å²) >= 11 is 0. The Bertz CT molecular complexity index is 317. The van der Waals surface area contributed by atoms with Crippen LogP contribution < -0.4 is 5.32 Å². The van der Waals surface area contributed by atoms with Gasteiger partial charge in [0, 0.05) is 19.1 Å². The Hall–Kier alpha value is -0.610. The zero-order chi connectivity index (χ0) is 13.9. The number of hydrogen-bond acceptors (Lipinski definition) is 3. The van der Waals surface area contributed by atoms with E-state index in [4.69, 9.17) is 4.74 Å². The van der Waals surface area contributed by atoms with Gasteiger partial charge in [-0.05, 0) is 38.0 Å². The fraction of sp³-hybridized carbons (Fsp3) is 0.933. The van der Waals surface area contributed by atoms with E-state index in [1.165, 1.54) is 12.8 Å². The molecule has 0 amide bonds. The smallest absolute Gasteiger partial charge is 0.324 e. The minimum absolute atomic E-state index is 0.113. The van der Waals surface area contributed by atoms with Crippen LogP contribution in [0.25, 0.3) is 0 Å². The lowest BCUT2D eigenvalue weighted by atomic mass is 9.97. The first-order valence-corrected chi connectivity index (χ1v) is 7.68. The van der Waals surface area contributed by atoms with E-state index in [9.17, 15) is 9.90 Å². The highest BCUT2D eigenvalue weighted by atomic mass is 16.5. The molecule has 110 valence electrons. The Labute approximate surface area is 115 Å². The van der Waals surface area contributed by atoms with Crippen LogP contribution in [0.2, 0.25) is 0 Å². The lowest BCUT2D eigenvalue weighted by Crippen LogP contribution is -2.51. The van der Waals surface area contributed by atoms with Gasteiger partial charge >= 0.3 is 5.97 Å².